The van der Waals surface area contributed by atoms with Crippen LogP contribution in [0.5, 0.6) is 0 Å². The van der Waals surface area contributed by atoms with E-state index in [1.807, 2.05) is 48.5 Å². The number of benzene rings is 2. The third-order valence-corrected chi connectivity index (χ3v) is 6.72. The monoisotopic (exact) mass is 636 g/mol. The summed E-state index contributed by atoms with van der Waals surface area (Å²) in [5.41, 5.74) is 1.94. The van der Waals surface area contributed by atoms with Crippen LogP contribution in [0.25, 0.3) is 17.0 Å². The van der Waals surface area contributed by atoms with Gasteiger partial charge in [0.15, 0.2) is 5.17 Å². The van der Waals surface area contributed by atoms with E-state index in [0.717, 1.165) is 22.7 Å². The number of fused-ring (bicyclic) bond motifs is 1. The van der Waals surface area contributed by atoms with Crippen molar-refractivity contribution >= 4 is 92.2 Å². The third kappa shape index (κ3) is 11.2. The van der Waals surface area contributed by atoms with Gasteiger partial charge in [0.1, 0.15) is 12.1 Å². The van der Waals surface area contributed by atoms with Crippen molar-refractivity contribution in [1.29, 1.82) is 0 Å². The molecule has 216 valence electrons. The number of thioether (sulfide) groups is 1. The Labute approximate surface area is 256 Å². The number of methoxy groups -OCH3 is 1. The predicted octanol–water partition coefficient (Wildman–Crippen LogP) is 5.92. The molecule has 0 fully saturated rings. The summed E-state index contributed by atoms with van der Waals surface area (Å²) in [6, 6.07) is 18.4. The highest BCUT2D eigenvalue weighted by molar-refractivity contribution is 8.13. The molecular weight excluding hydrogens is 611 g/mol. The van der Waals surface area contributed by atoms with Crippen LogP contribution in [0.1, 0.15) is 24.8 Å². The molecule has 1 atom stereocenters. The number of ether oxygens (including phenoxy) is 2. The van der Waals surface area contributed by atoms with Gasteiger partial charge in [0.25, 0.3) is 0 Å². The Morgan fingerprint density at radius 1 is 1.00 bits per heavy atom. The molecule has 9 nitrogen and oxygen atoms in total. The molecule has 1 amide bonds. The fraction of sp³-hybridized carbons (Fsp3) is 0.250. The van der Waals surface area contributed by atoms with Gasteiger partial charge in [0.05, 0.1) is 18.3 Å². The molecule has 2 aromatic carbocycles. The van der Waals surface area contributed by atoms with Gasteiger partial charge in [-0.15, -0.1) is 0 Å². The Bertz CT molecular complexity index is 1390. The fourth-order valence-electron chi connectivity index (χ4n) is 3.35. The Morgan fingerprint density at radius 3 is 2.46 bits per heavy atom. The second-order valence-electron chi connectivity index (χ2n) is 8.35. The minimum atomic E-state index is -1.99. The maximum absolute atomic E-state index is 12.7. The lowest BCUT2D eigenvalue weighted by Crippen LogP contribution is -2.54. The second kappa shape index (κ2) is 16.2. The van der Waals surface area contributed by atoms with E-state index in [1.165, 1.54) is 13.2 Å². The predicted molar refractivity (Wildman–Crippen MR) is 164 cm³/mol. The first-order valence-electron chi connectivity index (χ1n) is 12.3. The number of halogens is 3. The average Bonchev–Trinajstić information content (AvgIpc) is 2.95. The number of hydrogen-bond donors (Lipinski definition) is 2. The lowest BCUT2D eigenvalue weighted by atomic mass is 10.2. The van der Waals surface area contributed by atoms with Crippen LogP contribution >= 0.6 is 46.6 Å². The summed E-state index contributed by atoms with van der Waals surface area (Å²) >= 11 is 19.6. The third-order valence-electron chi connectivity index (χ3n) is 5.35. The van der Waals surface area contributed by atoms with Crippen molar-refractivity contribution in [3.05, 3.63) is 78.5 Å². The number of nitrogens with zero attached hydrogens (tertiary/aromatic N) is 2. The quantitative estimate of drug-likeness (QED) is 0.0665. The van der Waals surface area contributed by atoms with Gasteiger partial charge in [-0.2, -0.15) is 0 Å². The van der Waals surface area contributed by atoms with Crippen molar-refractivity contribution < 1.29 is 23.9 Å². The van der Waals surface area contributed by atoms with Crippen molar-refractivity contribution in [2.45, 2.75) is 29.2 Å². The Kier molecular flexibility index (Phi) is 12.7. The van der Waals surface area contributed by atoms with E-state index in [2.05, 4.69) is 25.3 Å². The Hall–Kier alpha value is -3.31. The van der Waals surface area contributed by atoms with Crippen molar-refractivity contribution in [2.75, 3.05) is 13.0 Å². The van der Waals surface area contributed by atoms with Crippen LogP contribution in [0.15, 0.2) is 77.9 Å². The molecule has 0 aliphatic heterocycles. The Balaban J connectivity index is 1.77. The average molecular weight is 638 g/mol. The van der Waals surface area contributed by atoms with Gasteiger partial charge in [-0.25, -0.2) is 4.99 Å². The van der Waals surface area contributed by atoms with Crippen molar-refractivity contribution in [2.24, 2.45) is 4.99 Å². The largest absolute Gasteiger partial charge is 0.469 e. The van der Waals surface area contributed by atoms with Crippen LogP contribution in [0.3, 0.4) is 0 Å². The van der Waals surface area contributed by atoms with Crippen molar-refractivity contribution in [3.8, 4) is 0 Å². The molecule has 41 heavy (non-hydrogen) atoms. The van der Waals surface area contributed by atoms with Gasteiger partial charge in [0, 0.05) is 30.5 Å². The first kappa shape index (κ1) is 32.2. The van der Waals surface area contributed by atoms with E-state index in [-0.39, 0.29) is 30.4 Å². The zero-order valence-electron chi connectivity index (χ0n) is 21.9. The van der Waals surface area contributed by atoms with E-state index in [1.54, 1.807) is 24.4 Å². The molecule has 0 bridgehead atoms. The van der Waals surface area contributed by atoms with Crippen molar-refractivity contribution in [1.82, 2.24) is 15.6 Å². The molecule has 0 aliphatic carbocycles. The molecular formula is C28H27Cl3N4O5S. The number of para-hydroxylation sites is 1. The zero-order valence-corrected chi connectivity index (χ0v) is 25.0. The highest BCUT2D eigenvalue weighted by atomic mass is 35.6. The molecule has 2 N–H and O–H groups in total. The number of nitrogens with one attached hydrogen (secondary N) is 2. The summed E-state index contributed by atoms with van der Waals surface area (Å²) in [5.74, 6) is -1.58. The smallest absolute Gasteiger partial charge is 0.306 e. The number of aliphatic imine (C=N–C) groups is 1. The molecule has 3 rings (SSSR count). The number of amidine groups is 1. The van der Waals surface area contributed by atoms with Gasteiger partial charge in [-0.05, 0) is 42.0 Å². The van der Waals surface area contributed by atoms with E-state index < -0.39 is 27.8 Å². The standard InChI is InChI=1S/C28H27Cl3N4O5S/c1-39-23(37)13-6-14-24(38)40-18-41-27(33-21-12-5-10-20-11-7-17-32-25(20)21)35-26(28(29,30)31)34-22(36)16-15-19-8-3-2-4-9-19/h2-5,7-12,15-17,26H,6,13-14,18H2,1H3,(H,33,35)(H,34,36)/b16-15+. The SMILES string of the molecule is COC(=O)CCCC(=O)OCS/C(=N/c1cccc2cccnc12)NC(NC(=O)/C=C/c1ccccc1)C(Cl)(Cl)Cl. The molecule has 1 unspecified atom stereocenters. The highest BCUT2D eigenvalue weighted by Crippen LogP contribution is 2.30. The summed E-state index contributed by atoms with van der Waals surface area (Å²) in [7, 11) is 1.28. The molecule has 0 saturated carbocycles. The minimum absolute atomic E-state index is 0.0311. The summed E-state index contributed by atoms with van der Waals surface area (Å²) in [6.07, 6.45) is 3.78. The number of rotatable bonds is 11. The minimum Gasteiger partial charge on any atom is -0.469 e. The van der Waals surface area contributed by atoms with Crippen LogP contribution in [0, 0.1) is 0 Å². The van der Waals surface area contributed by atoms with Crippen LogP contribution in [0.4, 0.5) is 5.69 Å². The second-order valence-corrected chi connectivity index (χ2v) is 11.6. The molecule has 13 heteroatoms. The molecule has 1 heterocycles. The van der Waals surface area contributed by atoms with E-state index >= 15 is 0 Å². The van der Waals surface area contributed by atoms with E-state index in [4.69, 9.17) is 39.5 Å². The highest BCUT2D eigenvalue weighted by Gasteiger charge is 2.34. The topological polar surface area (TPSA) is 119 Å². The molecule has 0 aliphatic rings. The van der Waals surface area contributed by atoms with Crippen LogP contribution in [-0.2, 0) is 23.9 Å². The molecule has 0 saturated heterocycles. The summed E-state index contributed by atoms with van der Waals surface area (Å²) < 4.78 is 7.87. The first-order chi connectivity index (χ1) is 19.7. The van der Waals surface area contributed by atoms with Gasteiger partial charge >= 0.3 is 11.9 Å². The summed E-state index contributed by atoms with van der Waals surface area (Å²) in [5, 5.41) is 6.62. The first-order valence-corrected chi connectivity index (χ1v) is 14.4. The molecule has 0 radical (unpaired) electrons. The molecule has 3 aromatic rings. The van der Waals surface area contributed by atoms with E-state index in [9.17, 15) is 14.4 Å². The van der Waals surface area contributed by atoms with Crippen molar-refractivity contribution in [3.63, 3.8) is 0 Å². The number of carbonyl (C=O) groups excluding carboxylic acids is 3. The van der Waals surface area contributed by atoms with Crippen LogP contribution in [-0.4, -0.2) is 51.0 Å². The summed E-state index contributed by atoms with van der Waals surface area (Å²) in [4.78, 5) is 45.2. The van der Waals surface area contributed by atoms with Gasteiger partial charge in [-0.3, -0.25) is 19.4 Å². The number of hydrogen-bond acceptors (Lipinski definition) is 8. The zero-order chi connectivity index (χ0) is 29.7. The summed E-state index contributed by atoms with van der Waals surface area (Å²) in [6.45, 7) is 0. The van der Waals surface area contributed by atoms with Gasteiger partial charge in [0.2, 0.25) is 9.70 Å². The molecule has 1 aromatic heterocycles. The lowest BCUT2D eigenvalue weighted by molar-refractivity contribution is -0.142. The maximum Gasteiger partial charge on any atom is 0.306 e. The lowest BCUT2D eigenvalue weighted by Gasteiger charge is -2.27. The molecule has 0 spiro atoms. The normalized spacial score (nSPS) is 12.6. The number of alkyl halides is 3. The van der Waals surface area contributed by atoms with E-state index in [0.29, 0.717) is 11.2 Å². The van der Waals surface area contributed by atoms with Gasteiger partial charge < -0.3 is 20.1 Å². The number of pyridine rings is 1. The number of amides is 1. The number of esters is 2. The number of carbonyl (C=O) groups is 3. The fourth-order valence-corrected chi connectivity index (χ4v) is 4.34. The van der Waals surface area contributed by atoms with Crippen LogP contribution in [0.2, 0.25) is 0 Å². The van der Waals surface area contributed by atoms with Gasteiger partial charge in [-0.1, -0.05) is 83.3 Å². The Morgan fingerprint density at radius 2 is 1.73 bits per heavy atom. The maximum atomic E-state index is 12.7. The van der Waals surface area contributed by atoms with Crippen LogP contribution < -0.4 is 10.6 Å². The number of aromatic nitrogens is 1.